The van der Waals surface area contributed by atoms with Crippen molar-refractivity contribution in [1.82, 2.24) is 5.32 Å². The summed E-state index contributed by atoms with van der Waals surface area (Å²) in [6, 6.07) is -0.307. The molecule has 0 radical (unpaired) electrons. The number of hydrogen-bond donors (Lipinski definition) is 5. The molecule has 23 heavy (non-hydrogen) atoms. The average Bonchev–Trinajstić information content (AvgIpc) is 2.46. The Morgan fingerprint density at radius 2 is 1.70 bits per heavy atom. The molecule has 1 aliphatic rings. The number of nitrogens with two attached hydrogens (primary N) is 1. The van der Waals surface area contributed by atoms with Gasteiger partial charge < -0.3 is 26.4 Å². The van der Waals surface area contributed by atoms with Crippen LogP contribution in [0.4, 0.5) is 0 Å². The van der Waals surface area contributed by atoms with E-state index >= 15 is 0 Å². The Kier molecular flexibility index (Phi) is 12.3. The summed E-state index contributed by atoms with van der Waals surface area (Å²) in [6.07, 6.45) is 5.60. The number of nitrogens with one attached hydrogen (secondary N) is 1. The first kappa shape index (κ1) is 22.3. The van der Waals surface area contributed by atoms with E-state index in [0.29, 0.717) is 18.4 Å². The van der Waals surface area contributed by atoms with Crippen LogP contribution in [0, 0.1) is 11.8 Å². The van der Waals surface area contributed by atoms with E-state index in [-0.39, 0.29) is 6.04 Å². The van der Waals surface area contributed by atoms with Crippen molar-refractivity contribution >= 4 is 5.97 Å². The first-order chi connectivity index (χ1) is 10.7. The number of rotatable bonds is 8. The fourth-order valence-electron chi connectivity index (χ4n) is 2.87. The maximum atomic E-state index is 10.1. The van der Waals surface area contributed by atoms with Crippen molar-refractivity contribution in [1.29, 1.82) is 0 Å². The maximum Gasteiger partial charge on any atom is 0.300 e. The molecule has 0 aromatic rings. The Labute approximate surface area is 140 Å². The molecule has 0 spiro atoms. The second kappa shape index (κ2) is 12.7. The van der Waals surface area contributed by atoms with E-state index in [9.17, 15) is 10.2 Å². The molecular weight excluding hydrogens is 296 g/mol. The predicted molar refractivity (Wildman–Crippen MR) is 92.2 cm³/mol. The van der Waals surface area contributed by atoms with Gasteiger partial charge in [0.05, 0.1) is 12.2 Å². The third kappa shape index (κ3) is 12.4. The number of hydrogen-bond acceptors (Lipinski definition) is 5. The highest BCUT2D eigenvalue weighted by Crippen LogP contribution is 2.27. The van der Waals surface area contributed by atoms with Gasteiger partial charge in [0.1, 0.15) is 0 Å². The molecule has 1 fully saturated rings. The van der Waals surface area contributed by atoms with E-state index in [4.69, 9.17) is 15.6 Å². The predicted octanol–water partition coefficient (Wildman–Crippen LogP) is 1.34. The van der Waals surface area contributed by atoms with Crippen LogP contribution in [0.2, 0.25) is 0 Å². The molecule has 0 unspecified atom stereocenters. The molecule has 0 aromatic heterocycles. The summed E-state index contributed by atoms with van der Waals surface area (Å²) < 4.78 is 0. The molecular formula is C17H36N2O4. The Hall–Kier alpha value is -0.690. The Balaban J connectivity index is 0.00000108. The Morgan fingerprint density at radius 3 is 2.17 bits per heavy atom. The zero-order valence-corrected chi connectivity index (χ0v) is 14.9. The standard InChI is InChI=1S/C15H32N2O2.C2H4O2/c1-11(2)9-17-10-14(18)15(19)13(16)8-12-6-4-3-5-7-12;1-2(3)4/h11-15,17-19H,3-10,16H2,1-2H3;1H3,(H,3,4)/t13-,14-,15+;/m0./s1. The summed E-state index contributed by atoms with van der Waals surface area (Å²) in [5, 5.41) is 30.6. The lowest BCUT2D eigenvalue weighted by Crippen LogP contribution is -2.48. The van der Waals surface area contributed by atoms with E-state index in [0.717, 1.165) is 19.9 Å². The monoisotopic (exact) mass is 332 g/mol. The van der Waals surface area contributed by atoms with Gasteiger partial charge in [-0.2, -0.15) is 0 Å². The first-order valence-corrected chi connectivity index (χ1v) is 8.76. The van der Waals surface area contributed by atoms with E-state index in [1.165, 1.54) is 32.1 Å². The molecule has 0 aliphatic heterocycles. The van der Waals surface area contributed by atoms with Crippen molar-refractivity contribution in [2.75, 3.05) is 13.1 Å². The lowest BCUT2D eigenvalue weighted by Gasteiger charge is -2.29. The average molecular weight is 332 g/mol. The molecule has 6 heteroatoms. The van der Waals surface area contributed by atoms with Crippen LogP contribution in [0.25, 0.3) is 0 Å². The number of aliphatic hydroxyl groups is 2. The maximum absolute atomic E-state index is 10.1. The van der Waals surface area contributed by atoms with Crippen LogP contribution >= 0.6 is 0 Å². The molecule has 0 saturated heterocycles. The SMILES string of the molecule is CC(=O)O.CC(C)CNC[C@H](O)[C@H](O)[C@@H](N)CC1CCCCC1. The second-order valence-corrected chi connectivity index (χ2v) is 7.03. The van der Waals surface area contributed by atoms with Gasteiger partial charge in [0.15, 0.2) is 0 Å². The second-order valence-electron chi connectivity index (χ2n) is 7.03. The van der Waals surface area contributed by atoms with Gasteiger partial charge in [-0.05, 0) is 24.8 Å². The van der Waals surface area contributed by atoms with Crippen molar-refractivity contribution in [3.8, 4) is 0 Å². The third-order valence-electron chi connectivity index (χ3n) is 4.07. The van der Waals surface area contributed by atoms with Crippen molar-refractivity contribution in [3.05, 3.63) is 0 Å². The summed E-state index contributed by atoms with van der Waals surface area (Å²) in [6.45, 7) is 6.58. The van der Waals surface area contributed by atoms with Crippen LogP contribution in [-0.2, 0) is 4.79 Å². The van der Waals surface area contributed by atoms with E-state index < -0.39 is 18.2 Å². The minimum absolute atomic E-state index is 0.307. The number of carboxylic acid groups (broad SMARTS) is 1. The fraction of sp³-hybridized carbons (Fsp3) is 0.941. The molecule has 0 aromatic carbocycles. The largest absolute Gasteiger partial charge is 0.481 e. The molecule has 0 bridgehead atoms. The summed E-state index contributed by atoms with van der Waals surface area (Å²) in [5.41, 5.74) is 6.04. The van der Waals surface area contributed by atoms with Gasteiger partial charge in [0, 0.05) is 19.5 Å². The topological polar surface area (TPSA) is 116 Å². The number of carbonyl (C=O) groups is 1. The van der Waals surface area contributed by atoms with Gasteiger partial charge in [0.25, 0.3) is 5.97 Å². The molecule has 6 nitrogen and oxygen atoms in total. The summed E-state index contributed by atoms with van der Waals surface area (Å²) >= 11 is 0. The third-order valence-corrected chi connectivity index (χ3v) is 4.07. The summed E-state index contributed by atoms with van der Waals surface area (Å²) in [4.78, 5) is 9.00. The molecule has 138 valence electrons. The van der Waals surface area contributed by atoms with Gasteiger partial charge in [-0.15, -0.1) is 0 Å². The highest BCUT2D eigenvalue weighted by molar-refractivity contribution is 5.62. The fourth-order valence-corrected chi connectivity index (χ4v) is 2.87. The van der Waals surface area contributed by atoms with E-state index in [1.54, 1.807) is 0 Å². The van der Waals surface area contributed by atoms with Crippen LogP contribution in [0.15, 0.2) is 0 Å². The highest BCUT2D eigenvalue weighted by Gasteiger charge is 2.26. The lowest BCUT2D eigenvalue weighted by atomic mass is 9.83. The minimum Gasteiger partial charge on any atom is -0.481 e. The van der Waals surface area contributed by atoms with Gasteiger partial charge in [0.2, 0.25) is 0 Å². The molecule has 6 N–H and O–H groups in total. The van der Waals surface area contributed by atoms with Crippen molar-refractivity contribution < 1.29 is 20.1 Å². The summed E-state index contributed by atoms with van der Waals surface area (Å²) in [7, 11) is 0. The van der Waals surface area contributed by atoms with Crippen LogP contribution in [-0.4, -0.2) is 52.6 Å². The number of aliphatic hydroxyl groups excluding tert-OH is 2. The van der Waals surface area contributed by atoms with Gasteiger partial charge >= 0.3 is 0 Å². The summed E-state index contributed by atoms with van der Waals surface area (Å²) in [5.74, 6) is 0.342. The normalized spacial score (nSPS) is 19.6. The molecule has 3 atom stereocenters. The first-order valence-electron chi connectivity index (χ1n) is 8.76. The molecule has 1 aliphatic carbocycles. The van der Waals surface area contributed by atoms with Crippen LogP contribution in [0.1, 0.15) is 59.3 Å². The minimum atomic E-state index is -0.833. The quantitative estimate of drug-likeness (QED) is 0.458. The smallest absolute Gasteiger partial charge is 0.300 e. The zero-order valence-electron chi connectivity index (χ0n) is 14.9. The Bertz CT molecular complexity index is 303. The molecule has 1 saturated carbocycles. The van der Waals surface area contributed by atoms with Crippen molar-refractivity contribution in [3.63, 3.8) is 0 Å². The lowest BCUT2D eigenvalue weighted by molar-refractivity contribution is -0.134. The molecule has 0 heterocycles. The highest BCUT2D eigenvalue weighted by atomic mass is 16.4. The van der Waals surface area contributed by atoms with Gasteiger partial charge in [-0.1, -0.05) is 46.0 Å². The van der Waals surface area contributed by atoms with Crippen molar-refractivity contribution in [2.24, 2.45) is 17.6 Å². The van der Waals surface area contributed by atoms with E-state index in [2.05, 4.69) is 19.2 Å². The number of carboxylic acids is 1. The van der Waals surface area contributed by atoms with E-state index in [1.807, 2.05) is 0 Å². The Morgan fingerprint density at radius 1 is 1.17 bits per heavy atom. The zero-order chi connectivity index (χ0) is 17.8. The van der Waals surface area contributed by atoms with Crippen LogP contribution < -0.4 is 11.1 Å². The van der Waals surface area contributed by atoms with Crippen molar-refractivity contribution in [2.45, 2.75) is 77.5 Å². The van der Waals surface area contributed by atoms with Crippen LogP contribution in [0.3, 0.4) is 0 Å². The van der Waals surface area contributed by atoms with Gasteiger partial charge in [-0.3, -0.25) is 4.79 Å². The molecule has 1 rings (SSSR count). The van der Waals surface area contributed by atoms with Gasteiger partial charge in [-0.25, -0.2) is 0 Å². The number of aliphatic carboxylic acids is 1. The van der Waals surface area contributed by atoms with Crippen LogP contribution in [0.5, 0.6) is 0 Å². The molecule has 0 amide bonds.